The van der Waals surface area contributed by atoms with E-state index in [1.807, 2.05) is 36.4 Å². The van der Waals surface area contributed by atoms with Gasteiger partial charge in [0.15, 0.2) is 6.10 Å². The second-order valence-electron chi connectivity index (χ2n) is 9.38. The normalized spacial score (nSPS) is 12.8. The van der Waals surface area contributed by atoms with E-state index in [1.54, 1.807) is 78.9 Å². The highest BCUT2D eigenvalue weighted by molar-refractivity contribution is 5.95. The highest BCUT2D eigenvalue weighted by Crippen LogP contribution is 2.20. The summed E-state index contributed by atoms with van der Waals surface area (Å²) in [6, 6.07) is 31.9. The zero-order valence-electron chi connectivity index (χ0n) is 22.6. The molecule has 4 aromatic rings. The van der Waals surface area contributed by atoms with E-state index in [0.29, 0.717) is 23.5 Å². The summed E-state index contributed by atoms with van der Waals surface area (Å²) in [5.74, 6) is -1.36. The van der Waals surface area contributed by atoms with Crippen molar-refractivity contribution in [2.24, 2.45) is 0 Å². The Hall–Kier alpha value is -4.95. The molecule has 0 saturated carbocycles. The summed E-state index contributed by atoms with van der Waals surface area (Å²) in [6.07, 6.45) is -1.60. The monoisotopic (exact) mass is 552 g/mol. The average molecular weight is 553 g/mol. The Morgan fingerprint density at radius 1 is 0.756 bits per heavy atom. The van der Waals surface area contributed by atoms with Crippen molar-refractivity contribution in [1.29, 1.82) is 0 Å². The molecule has 4 aromatic carbocycles. The number of nitrogens with one attached hydrogen (secondary N) is 2. The maximum absolute atomic E-state index is 13.3. The van der Waals surface area contributed by atoms with E-state index >= 15 is 0 Å². The first kappa shape index (κ1) is 29.0. The van der Waals surface area contributed by atoms with Crippen LogP contribution in [0.15, 0.2) is 115 Å². The molecular weight excluding hydrogens is 520 g/mol. The Bertz CT molecular complexity index is 1430. The predicted molar refractivity (Wildman–Crippen MR) is 154 cm³/mol. The van der Waals surface area contributed by atoms with E-state index in [1.165, 1.54) is 7.11 Å². The lowest BCUT2D eigenvalue weighted by Crippen LogP contribution is -2.51. The number of aliphatic hydroxyl groups is 1. The molecule has 2 amide bonds. The van der Waals surface area contributed by atoms with Gasteiger partial charge >= 0.3 is 5.97 Å². The smallest absolute Gasteiger partial charge is 0.328 e. The fourth-order valence-electron chi connectivity index (χ4n) is 4.30. The zero-order valence-corrected chi connectivity index (χ0v) is 22.6. The first-order chi connectivity index (χ1) is 19.9. The van der Waals surface area contributed by atoms with Crippen LogP contribution in [-0.4, -0.2) is 42.1 Å². The molecule has 41 heavy (non-hydrogen) atoms. The number of carbonyl (C=O) groups is 3. The number of aliphatic hydroxyl groups excluding tert-OH is 1. The summed E-state index contributed by atoms with van der Waals surface area (Å²) >= 11 is 0. The van der Waals surface area contributed by atoms with Crippen LogP contribution in [0, 0.1) is 0 Å². The molecule has 0 fully saturated rings. The molecule has 0 aliphatic carbocycles. The summed E-state index contributed by atoms with van der Waals surface area (Å²) in [6.45, 7) is 0.378. The van der Waals surface area contributed by atoms with E-state index in [2.05, 4.69) is 10.6 Å². The minimum atomic E-state index is -1.70. The number of esters is 1. The van der Waals surface area contributed by atoms with Crippen LogP contribution in [0.4, 0.5) is 0 Å². The molecule has 0 unspecified atom stereocenters. The van der Waals surface area contributed by atoms with E-state index in [-0.39, 0.29) is 6.42 Å². The fraction of sp³-hybridized carbons (Fsp3) is 0.182. The SMILES string of the molecule is COC(=O)[C@H](Cc1cccc(OCc2ccccc2)c1)NC(=O)[C@H](O)[C@@H](NC(=O)c1ccccc1)c1ccccc1. The van der Waals surface area contributed by atoms with E-state index < -0.39 is 36.0 Å². The Morgan fingerprint density at radius 3 is 2.02 bits per heavy atom. The molecule has 0 aliphatic rings. The molecule has 8 nitrogen and oxygen atoms in total. The first-order valence-electron chi connectivity index (χ1n) is 13.2. The Morgan fingerprint density at radius 2 is 1.37 bits per heavy atom. The highest BCUT2D eigenvalue weighted by Gasteiger charge is 2.32. The average Bonchev–Trinajstić information content (AvgIpc) is 3.03. The van der Waals surface area contributed by atoms with Gasteiger partial charge in [-0.15, -0.1) is 0 Å². The number of methoxy groups -OCH3 is 1. The van der Waals surface area contributed by atoms with Crippen molar-refractivity contribution in [3.63, 3.8) is 0 Å². The summed E-state index contributed by atoms with van der Waals surface area (Å²) in [4.78, 5) is 38.8. The van der Waals surface area contributed by atoms with Gasteiger partial charge < -0.3 is 25.2 Å². The highest BCUT2D eigenvalue weighted by atomic mass is 16.5. The van der Waals surface area contributed by atoms with Crippen LogP contribution in [0.25, 0.3) is 0 Å². The predicted octanol–water partition coefficient (Wildman–Crippen LogP) is 4.00. The number of hydrogen-bond acceptors (Lipinski definition) is 6. The zero-order chi connectivity index (χ0) is 29.0. The summed E-state index contributed by atoms with van der Waals surface area (Å²) in [5, 5.41) is 16.5. The lowest BCUT2D eigenvalue weighted by Gasteiger charge is -2.26. The van der Waals surface area contributed by atoms with Crippen molar-refractivity contribution in [3.8, 4) is 5.75 Å². The molecule has 0 radical (unpaired) electrons. The summed E-state index contributed by atoms with van der Waals surface area (Å²) in [7, 11) is 1.23. The minimum absolute atomic E-state index is 0.0973. The van der Waals surface area contributed by atoms with Gasteiger partial charge in [-0.25, -0.2) is 4.79 Å². The minimum Gasteiger partial charge on any atom is -0.489 e. The Labute approximate surface area is 238 Å². The quantitative estimate of drug-likeness (QED) is 0.229. The number of amides is 2. The second kappa shape index (κ2) is 14.4. The van der Waals surface area contributed by atoms with Gasteiger partial charge in [0.25, 0.3) is 11.8 Å². The Balaban J connectivity index is 1.47. The molecule has 4 rings (SSSR count). The maximum atomic E-state index is 13.3. The Kier molecular flexibility index (Phi) is 10.2. The molecule has 0 aliphatic heterocycles. The number of carbonyl (C=O) groups excluding carboxylic acids is 3. The molecule has 0 spiro atoms. The van der Waals surface area contributed by atoms with E-state index in [0.717, 1.165) is 11.1 Å². The molecule has 3 atom stereocenters. The molecule has 0 heterocycles. The molecule has 210 valence electrons. The van der Waals surface area contributed by atoms with E-state index in [4.69, 9.17) is 9.47 Å². The summed E-state index contributed by atoms with van der Waals surface area (Å²) in [5.41, 5.74) is 2.64. The van der Waals surface area contributed by atoms with Gasteiger partial charge in [-0.1, -0.05) is 91.0 Å². The van der Waals surface area contributed by atoms with Crippen molar-refractivity contribution in [3.05, 3.63) is 138 Å². The van der Waals surface area contributed by atoms with Crippen LogP contribution < -0.4 is 15.4 Å². The van der Waals surface area contributed by atoms with Crippen LogP contribution in [0.2, 0.25) is 0 Å². The fourth-order valence-corrected chi connectivity index (χ4v) is 4.30. The van der Waals surface area contributed by atoms with Gasteiger partial charge in [-0.3, -0.25) is 9.59 Å². The largest absolute Gasteiger partial charge is 0.489 e. The molecule has 0 saturated heterocycles. The number of hydrogen-bond donors (Lipinski definition) is 3. The molecule has 3 N–H and O–H groups in total. The van der Waals surface area contributed by atoms with Gasteiger partial charge in [0.2, 0.25) is 0 Å². The van der Waals surface area contributed by atoms with Crippen molar-refractivity contribution in [2.45, 2.75) is 31.2 Å². The van der Waals surface area contributed by atoms with Crippen molar-refractivity contribution in [2.75, 3.05) is 7.11 Å². The van der Waals surface area contributed by atoms with E-state index in [9.17, 15) is 19.5 Å². The number of rotatable bonds is 12. The number of ether oxygens (including phenoxy) is 2. The third-order valence-corrected chi connectivity index (χ3v) is 6.45. The van der Waals surface area contributed by atoms with Crippen LogP contribution in [0.1, 0.15) is 33.1 Å². The van der Waals surface area contributed by atoms with Crippen molar-refractivity contribution in [1.82, 2.24) is 10.6 Å². The summed E-state index contributed by atoms with van der Waals surface area (Å²) < 4.78 is 10.8. The standard InChI is InChI=1S/C33H32N2O6/c1-40-33(39)28(21-24-14-11-19-27(20-24)41-22-23-12-5-2-6-13-23)34-32(38)30(36)29(25-15-7-3-8-16-25)35-31(37)26-17-9-4-10-18-26/h2-20,28-30,36H,21-22H2,1H3,(H,34,38)(H,35,37)/t28-,29-,30+/m0/s1. The third-order valence-electron chi connectivity index (χ3n) is 6.45. The maximum Gasteiger partial charge on any atom is 0.328 e. The number of benzene rings is 4. The lowest BCUT2D eigenvalue weighted by molar-refractivity contribution is -0.146. The van der Waals surface area contributed by atoms with Gasteiger partial charge in [0, 0.05) is 12.0 Å². The van der Waals surface area contributed by atoms with Crippen LogP contribution >= 0.6 is 0 Å². The second-order valence-corrected chi connectivity index (χ2v) is 9.38. The molecule has 0 bridgehead atoms. The van der Waals surface area contributed by atoms with Crippen LogP contribution in [0.3, 0.4) is 0 Å². The molecule has 8 heteroatoms. The van der Waals surface area contributed by atoms with Crippen molar-refractivity contribution < 1.29 is 29.0 Å². The molecular formula is C33H32N2O6. The van der Waals surface area contributed by atoms with Gasteiger partial charge in [-0.2, -0.15) is 0 Å². The topological polar surface area (TPSA) is 114 Å². The van der Waals surface area contributed by atoms with Gasteiger partial charge in [-0.05, 0) is 41.0 Å². The van der Waals surface area contributed by atoms with Crippen LogP contribution in [-0.2, 0) is 27.4 Å². The van der Waals surface area contributed by atoms with Crippen LogP contribution in [0.5, 0.6) is 5.75 Å². The van der Waals surface area contributed by atoms with Crippen molar-refractivity contribution >= 4 is 17.8 Å². The lowest BCUT2D eigenvalue weighted by atomic mass is 9.99. The van der Waals surface area contributed by atoms with Gasteiger partial charge in [0.05, 0.1) is 13.2 Å². The first-order valence-corrected chi connectivity index (χ1v) is 13.2. The molecule has 0 aromatic heterocycles. The third kappa shape index (κ3) is 8.27. The van der Waals surface area contributed by atoms with Gasteiger partial charge in [0.1, 0.15) is 18.4 Å².